The number of anilines is 1. The van der Waals surface area contributed by atoms with E-state index >= 15 is 0 Å². The van der Waals surface area contributed by atoms with Crippen LogP contribution in [0.5, 0.6) is 11.5 Å². The van der Waals surface area contributed by atoms with E-state index in [2.05, 4.69) is 60.6 Å². The van der Waals surface area contributed by atoms with Crippen LogP contribution in [-0.4, -0.2) is 25.0 Å². The molecule has 2 aromatic carbocycles. The standard InChI is InChI=1S/C49H62F3NO4S3/c1-11-17-21-29(13-3)27-56-39-31-25-35(58-41(31)40(57-28-30(14-4)22-18-12-2)32-26-36(59-42(32)39)47(7,8)15-5)43-37-38(44(60-43)48(9,10)16-6)46(55)53(45(37)54)34-24-20-19-23-33(34)49(50,51)52/h19-20,23-26,29-30H,11-18,21-22,27-28H2,1-10H3. The molecule has 5 nitrogen and oxygen atoms in total. The number of unbranched alkanes of at least 4 members (excludes halogenated alkanes) is 2. The molecule has 0 spiro atoms. The van der Waals surface area contributed by atoms with Crippen molar-refractivity contribution in [2.24, 2.45) is 11.8 Å². The molecule has 0 radical (unpaired) electrons. The second-order valence-electron chi connectivity index (χ2n) is 17.8. The topological polar surface area (TPSA) is 55.8 Å². The maximum atomic E-state index is 14.7. The van der Waals surface area contributed by atoms with Gasteiger partial charge in [-0.1, -0.05) is 120 Å². The second-order valence-corrected chi connectivity index (χ2v) is 20.9. The van der Waals surface area contributed by atoms with Crippen LogP contribution in [0.1, 0.15) is 169 Å². The fourth-order valence-electron chi connectivity index (χ4n) is 7.90. The van der Waals surface area contributed by atoms with Crippen LogP contribution in [0.25, 0.3) is 29.9 Å². The van der Waals surface area contributed by atoms with Gasteiger partial charge in [0.15, 0.2) is 0 Å². The number of thiophene rings is 3. The summed E-state index contributed by atoms with van der Waals surface area (Å²) in [6, 6.07) is 9.19. The quantitative estimate of drug-likeness (QED) is 0.0731. The van der Waals surface area contributed by atoms with E-state index in [0.29, 0.717) is 41.2 Å². The lowest BCUT2D eigenvalue weighted by Crippen LogP contribution is -2.32. The molecule has 5 aromatic rings. The molecule has 1 aliphatic rings. The van der Waals surface area contributed by atoms with Crippen LogP contribution in [0.3, 0.4) is 0 Å². The number of benzene rings is 2. The SMILES string of the molecule is CCCCC(CC)COc1c2cc(C(C)(C)CC)sc2c(OCC(CC)CCCC)c2cc(-c3sc(C(C)(C)CC)c4c3C(=O)N(c3ccccc3C(F)(F)F)C4=O)sc12. The lowest BCUT2D eigenvalue weighted by molar-refractivity contribution is -0.137. The van der Waals surface area contributed by atoms with Gasteiger partial charge >= 0.3 is 6.18 Å². The molecule has 0 saturated carbocycles. The Morgan fingerprint density at radius 3 is 1.75 bits per heavy atom. The van der Waals surface area contributed by atoms with Crippen molar-refractivity contribution in [3.8, 4) is 21.3 Å². The Labute approximate surface area is 366 Å². The van der Waals surface area contributed by atoms with Crippen LogP contribution in [0.2, 0.25) is 0 Å². The van der Waals surface area contributed by atoms with Gasteiger partial charge in [-0.15, -0.1) is 34.0 Å². The summed E-state index contributed by atoms with van der Waals surface area (Å²) in [5.74, 6) is 0.910. The molecule has 4 heterocycles. The van der Waals surface area contributed by atoms with E-state index in [4.69, 9.17) is 9.47 Å². The Bertz CT molecular complexity index is 2260. The monoisotopic (exact) mass is 881 g/mol. The number of para-hydroxylation sites is 1. The highest BCUT2D eigenvalue weighted by atomic mass is 32.1. The highest BCUT2D eigenvalue weighted by Gasteiger charge is 2.48. The van der Waals surface area contributed by atoms with Crippen LogP contribution in [0.4, 0.5) is 18.9 Å². The molecular weight excluding hydrogens is 820 g/mol. The first-order chi connectivity index (χ1) is 28.5. The molecule has 0 aliphatic carbocycles. The summed E-state index contributed by atoms with van der Waals surface area (Å²) in [7, 11) is 0. The largest absolute Gasteiger partial charge is 0.491 e. The van der Waals surface area contributed by atoms with E-state index in [9.17, 15) is 22.8 Å². The molecule has 326 valence electrons. The lowest BCUT2D eigenvalue weighted by atomic mass is 9.85. The van der Waals surface area contributed by atoms with E-state index in [1.165, 1.54) is 45.7 Å². The molecule has 0 fully saturated rings. The van der Waals surface area contributed by atoms with Gasteiger partial charge in [0.05, 0.1) is 49.9 Å². The van der Waals surface area contributed by atoms with Crippen molar-refractivity contribution in [3.05, 3.63) is 62.8 Å². The average Bonchev–Trinajstić information content (AvgIpc) is 4.01. The van der Waals surface area contributed by atoms with Crippen LogP contribution >= 0.6 is 34.0 Å². The molecular formula is C49H62F3NO4S3. The van der Waals surface area contributed by atoms with E-state index in [0.717, 1.165) is 105 Å². The minimum atomic E-state index is -4.77. The van der Waals surface area contributed by atoms with Crippen molar-refractivity contribution < 1.29 is 32.2 Å². The molecule has 60 heavy (non-hydrogen) atoms. The number of alkyl halides is 3. The van der Waals surface area contributed by atoms with Gasteiger partial charge in [-0.2, -0.15) is 13.2 Å². The number of carbonyl (C=O) groups excluding carboxylic acids is 2. The fourth-order valence-corrected chi connectivity index (χ4v) is 12.0. The normalized spacial score (nSPS) is 14.8. The third-order valence-electron chi connectivity index (χ3n) is 12.8. The predicted octanol–water partition coefficient (Wildman–Crippen LogP) is 16.2. The summed E-state index contributed by atoms with van der Waals surface area (Å²) < 4.78 is 59.1. The number of imide groups is 1. The number of rotatable bonds is 20. The third kappa shape index (κ3) is 8.78. The molecule has 0 N–H and O–H groups in total. The first-order valence-electron chi connectivity index (χ1n) is 22.0. The number of fused-ring (bicyclic) bond motifs is 3. The van der Waals surface area contributed by atoms with Crippen LogP contribution < -0.4 is 14.4 Å². The van der Waals surface area contributed by atoms with Gasteiger partial charge in [-0.05, 0) is 72.6 Å². The van der Waals surface area contributed by atoms with Gasteiger partial charge in [0.2, 0.25) is 0 Å². The minimum absolute atomic E-state index is 0.0690. The Balaban J connectivity index is 1.62. The van der Waals surface area contributed by atoms with Crippen molar-refractivity contribution in [3.63, 3.8) is 0 Å². The summed E-state index contributed by atoms with van der Waals surface area (Å²) in [6.07, 6.45) is 5.49. The lowest BCUT2D eigenvalue weighted by Gasteiger charge is -2.24. The molecule has 1 aliphatic heterocycles. The number of carbonyl (C=O) groups is 2. The highest BCUT2D eigenvalue weighted by molar-refractivity contribution is 7.27. The zero-order valence-corrected chi connectivity index (χ0v) is 39.5. The van der Waals surface area contributed by atoms with E-state index in [1.807, 2.05) is 20.8 Å². The van der Waals surface area contributed by atoms with Crippen molar-refractivity contribution in [2.75, 3.05) is 18.1 Å². The Kier molecular flexibility index (Phi) is 14.2. The molecule has 6 rings (SSSR count). The summed E-state index contributed by atoms with van der Waals surface area (Å²) >= 11 is 4.68. The van der Waals surface area contributed by atoms with Gasteiger partial charge in [-0.3, -0.25) is 9.59 Å². The Hall–Kier alpha value is -3.41. The number of halogens is 3. The van der Waals surface area contributed by atoms with Crippen LogP contribution in [0.15, 0.2) is 36.4 Å². The van der Waals surface area contributed by atoms with E-state index in [-0.39, 0.29) is 16.5 Å². The first kappa shape index (κ1) is 46.1. The van der Waals surface area contributed by atoms with Gasteiger partial charge < -0.3 is 9.47 Å². The third-order valence-corrected chi connectivity index (χ3v) is 17.2. The maximum Gasteiger partial charge on any atom is 0.418 e. The molecule has 11 heteroatoms. The van der Waals surface area contributed by atoms with Gasteiger partial charge in [-0.25, -0.2) is 4.90 Å². The number of nitrogens with zero attached hydrogens (tertiary/aromatic N) is 1. The Morgan fingerprint density at radius 1 is 0.683 bits per heavy atom. The smallest absolute Gasteiger partial charge is 0.418 e. The fraction of sp³-hybridized carbons (Fsp3) is 0.551. The zero-order valence-electron chi connectivity index (χ0n) is 37.0. The highest BCUT2D eigenvalue weighted by Crippen LogP contribution is 2.56. The van der Waals surface area contributed by atoms with E-state index < -0.39 is 34.7 Å². The number of ether oxygens (including phenoxy) is 2. The number of amides is 2. The summed E-state index contributed by atoms with van der Waals surface area (Å²) in [6.45, 7) is 22.8. The molecule has 2 unspecified atom stereocenters. The van der Waals surface area contributed by atoms with Crippen LogP contribution in [-0.2, 0) is 17.0 Å². The van der Waals surface area contributed by atoms with Crippen molar-refractivity contribution >= 4 is 71.7 Å². The van der Waals surface area contributed by atoms with Gasteiger partial charge in [0.1, 0.15) is 11.5 Å². The van der Waals surface area contributed by atoms with Gasteiger partial charge in [0.25, 0.3) is 11.8 Å². The summed E-state index contributed by atoms with van der Waals surface area (Å²) in [5, 5.41) is 1.91. The van der Waals surface area contributed by atoms with Crippen molar-refractivity contribution in [2.45, 2.75) is 150 Å². The second kappa shape index (κ2) is 18.5. The van der Waals surface area contributed by atoms with Crippen molar-refractivity contribution in [1.82, 2.24) is 0 Å². The summed E-state index contributed by atoms with van der Waals surface area (Å²) in [5.41, 5.74) is -1.72. The first-order valence-corrected chi connectivity index (χ1v) is 24.4. The molecule has 2 amide bonds. The van der Waals surface area contributed by atoms with Crippen molar-refractivity contribution in [1.29, 1.82) is 0 Å². The summed E-state index contributed by atoms with van der Waals surface area (Å²) in [4.78, 5) is 33.2. The number of hydrogen-bond donors (Lipinski definition) is 0. The maximum absolute atomic E-state index is 14.7. The van der Waals surface area contributed by atoms with E-state index in [1.54, 1.807) is 11.3 Å². The molecule has 2 atom stereocenters. The minimum Gasteiger partial charge on any atom is -0.491 e. The average molecular weight is 882 g/mol. The van der Waals surface area contributed by atoms with Gasteiger partial charge in [0, 0.05) is 25.4 Å². The molecule has 0 bridgehead atoms. The predicted molar refractivity (Wildman–Crippen MR) is 247 cm³/mol. The zero-order chi connectivity index (χ0) is 43.7. The molecule has 3 aromatic heterocycles. The Morgan fingerprint density at radius 2 is 1.22 bits per heavy atom. The molecule has 0 saturated heterocycles. The van der Waals surface area contributed by atoms with Crippen LogP contribution in [0, 0.1) is 11.8 Å². The number of hydrogen-bond acceptors (Lipinski definition) is 7.